The van der Waals surface area contributed by atoms with E-state index >= 15 is 0 Å². The Morgan fingerprint density at radius 2 is 1.62 bits per heavy atom. The predicted octanol–water partition coefficient (Wildman–Crippen LogP) is 5.59. The van der Waals surface area contributed by atoms with Crippen molar-refractivity contribution in [3.8, 4) is 11.1 Å². The van der Waals surface area contributed by atoms with Gasteiger partial charge in [0.1, 0.15) is 11.6 Å². The van der Waals surface area contributed by atoms with Crippen LogP contribution in [0.25, 0.3) is 22.1 Å². The van der Waals surface area contributed by atoms with E-state index in [1.165, 1.54) is 22.5 Å². The molecule has 1 fully saturated rings. The predicted molar refractivity (Wildman–Crippen MR) is 132 cm³/mol. The van der Waals surface area contributed by atoms with Crippen LogP contribution in [0.4, 0.5) is 13.2 Å². The third kappa shape index (κ3) is 5.12. The van der Waals surface area contributed by atoms with Gasteiger partial charge in [-0.05, 0) is 47.7 Å². The van der Waals surface area contributed by atoms with Crippen molar-refractivity contribution in [2.75, 3.05) is 6.54 Å². The topological polar surface area (TPSA) is 79.6 Å². The average molecular weight is 529 g/mol. The minimum atomic E-state index is -4.39. The Morgan fingerprint density at radius 3 is 2.27 bits per heavy atom. The maximum atomic E-state index is 13.2. The molecule has 0 aliphatic carbocycles. The van der Waals surface area contributed by atoms with E-state index in [-0.39, 0.29) is 18.2 Å². The van der Waals surface area contributed by atoms with E-state index in [0.717, 1.165) is 23.3 Å². The summed E-state index contributed by atoms with van der Waals surface area (Å²) in [5.41, 5.74) is 1.90. The number of para-hydroxylation sites is 1. The number of hydrogen-bond acceptors (Lipinski definition) is 4. The first-order valence-corrected chi connectivity index (χ1v) is 13.1. The van der Waals surface area contributed by atoms with Gasteiger partial charge in [-0.2, -0.15) is 17.5 Å². The number of fused-ring (bicyclic) bond motifs is 1. The molecule has 1 saturated heterocycles. The van der Waals surface area contributed by atoms with Crippen LogP contribution in [0, 0.1) is 0 Å². The van der Waals surface area contributed by atoms with Gasteiger partial charge in [0.05, 0.1) is 5.56 Å². The van der Waals surface area contributed by atoms with Gasteiger partial charge >= 0.3 is 6.18 Å². The molecule has 1 aliphatic heterocycles. The molecule has 0 radical (unpaired) electrons. The lowest BCUT2D eigenvalue weighted by Crippen LogP contribution is -2.45. The molecule has 192 valence electrons. The molecule has 0 saturated carbocycles. The van der Waals surface area contributed by atoms with E-state index < -0.39 is 33.7 Å². The zero-order valence-corrected chi connectivity index (χ0v) is 20.4. The lowest BCUT2D eigenvalue weighted by atomic mass is 10.0. The standard InChI is InChI=1S/C27H23F3N2O4S/c28-27(29,30)22-13-11-20(12-14-22)19-9-7-18(8-10-19)17-31-26(33)23-5-3-15-32(23)37(34,35)25-16-21-4-1-2-6-24(21)36-25/h1-2,4,6-14,16,23H,3,5,15,17H2,(H,31,33)/t23-/m0/s1. The highest BCUT2D eigenvalue weighted by Crippen LogP contribution is 2.32. The molecule has 2 heterocycles. The first-order valence-electron chi connectivity index (χ1n) is 11.7. The summed E-state index contributed by atoms with van der Waals surface area (Å²) in [6.45, 7) is 0.403. The third-order valence-corrected chi connectivity index (χ3v) is 8.20. The van der Waals surface area contributed by atoms with Gasteiger partial charge in [-0.15, -0.1) is 0 Å². The maximum absolute atomic E-state index is 13.2. The minimum absolute atomic E-state index is 0.182. The molecular weight excluding hydrogens is 505 g/mol. The van der Waals surface area contributed by atoms with Gasteiger partial charge in [-0.1, -0.05) is 54.6 Å². The summed E-state index contributed by atoms with van der Waals surface area (Å²) in [7, 11) is -3.99. The lowest BCUT2D eigenvalue weighted by Gasteiger charge is -2.22. The van der Waals surface area contributed by atoms with Crippen LogP contribution in [0.2, 0.25) is 0 Å². The fourth-order valence-electron chi connectivity index (χ4n) is 4.46. The van der Waals surface area contributed by atoms with Crippen molar-refractivity contribution < 1.29 is 30.8 Å². The molecule has 1 amide bonds. The number of rotatable bonds is 6. The molecule has 6 nitrogen and oxygen atoms in total. The van der Waals surface area contributed by atoms with Crippen LogP contribution < -0.4 is 5.32 Å². The van der Waals surface area contributed by atoms with E-state index in [2.05, 4.69) is 5.32 Å². The number of carbonyl (C=O) groups excluding carboxylic acids is 1. The summed E-state index contributed by atoms with van der Waals surface area (Å²) in [6, 6.07) is 19.6. The smallest absolute Gasteiger partial charge is 0.416 e. The summed E-state index contributed by atoms with van der Waals surface area (Å²) >= 11 is 0. The number of carbonyl (C=O) groups is 1. The maximum Gasteiger partial charge on any atom is 0.416 e. The Labute approximate surface area is 211 Å². The number of benzene rings is 3. The van der Waals surface area contributed by atoms with Gasteiger partial charge in [0.15, 0.2) is 0 Å². The highest BCUT2D eigenvalue weighted by Gasteiger charge is 2.41. The van der Waals surface area contributed by atoms with Crippen molar-refractivity contribution in [3.63, 3.8) is 0 Å². The SMILES string of the molecule is O=C(NCc1ccc(-c2ccc(C(F)(F)F)cc2)cc1)[C@@H]1CCCN1S(=O)(=O)c1cc2ccccc2o1. The molecule has 0 bridgehead atoms. The van der Waals surface area contributed by atoms with Gasteiger partial charge in [0, 0.05) is 24.5 Å². The van der Waals surface area contributed by atoms with Crippen LogP contribution in [-0.4, -0.2) is 31.2 Å². The van der Waals surface area contributed by atoms with Crippen molar-refractivity contribution in [2.45, 2.75) is 36.7 Å². The first kappa shape index (κ1) is 25.0. The highest BCUT2D eigenvalue weighted by molar-refractivity contribution is 7.89. The monoisotopic (exact) mass is 528 g/mol. The van der Waals surface area contributed by atoms with Crippen LogP contribution in [0.5, 0.6) is 0 Å². The Balaban J connectivity index is 1.24. The number of hydrogen-bond donors (Lipinski definition) is 1. The van der Waals surface area contributed by atoms with Crippen molar-refractivity contribution in [3.05, 3.63) is 90.0 Å². The number of halogens is 3. The van der Waals surface area contributed by atoms with Crippen molar-refractivity contribution >= 4 is 26.9 Å². The Morgan fingerprint density at radius 1 is 0.973 bits per heavy atom. The Kier molecular flexibility index (Phi) is 6.55. The summed E-state index contributed by atoms with van der Waals surface area (Å²) in [5.74, 6) is -0.399. The summed E-state index contributed by atoms with van der Waals surface area (Å²) in [5, 5.41) is 3.28. The van der Waals surface area contributed by atoms with Gasteiger partial charge in [-0.25, -0.2) is 8.42 Å². The molecule has 0 unspecified atom stereocenters. The number of nitrogens with one attached hydrogen (secondary N) is 1. The number of sulfonamides is 1. The molecule has 5 rings (SSSR count). The van der Waals surface area contributed by atoms with E-state index in [4.69, 9.17) is 4.42 Å². The number of alkyl halides is 3. The van der Waals surface area contributed by atoms with Gasteiger partial charge in [0.2, 0.25) is 11.0 Å². The summed E-state index contributed by atoms with van der Waals surface area (Å²) in [6.07, 6.45) is -3.43. The second-order valence-electron chi connectivity index (χ2n) is 8.87. The van der Waals surface area contributed by atoms with E-state index in [1.54, 1.807) is 48.5 Å². The molecular formula is C27H23F3N2O4S. The number of amides is 1. The minimum Gasteiger partial charge on any atom is -0.443 e. The summed E-state index contributed by atoms with van der Waals surface area (Å²) < 4.78 is 71.6. The van der Waals surface area contributed by atoms with Crippen molar-refractivity contribution in [1.29, 1.82) is 0 Å². The molecule has 37 heavy (non-hydrogen) atoms. The number of furan rings is 1. The molecule has 1 N–H and O–H groups in total. The zero-order valence-electron chi connectivity index (χ0n) is 19.5. The molecule has 1 aliphatic rings. The average Bonchev–Trinajstić information content (AvgIpc) is 3.56. The fourth-order valence-corrected chi connectivity index (χ4v) is 6.07. The Bertz CT molecular complexity index is 1500. The molecule has 0 spiro atoms. The fraction of sp³-hybridized carbons (Fsp3) is 0.222. The highest BCUT2D eigenvalue weighted by atomic mass is 32.2. The quantitative estimate of drug-likeness (QED) is 0.354. The van der Waals surface area contributed by atoms with Crippen LogP contribution in [0.15, 0.2) is 88.4 Å². The van der Waals surface area contributed by atoms with Crippen molar-refractivity contribution in [1.82, 2.24) is 9.62 Å². The second kappa shape index (κ2) is 9.68. The Hall–Kier alpha value is -3.63. The van der Waals surface area contributed by atoms with Gasteiger partial charge in [-0.3, -0.25) is 4.79 Å². The normalized spacial score (nSPS) is 16.8. The van der Waals surface area contributed by atoms with E-state index in [1.807, 2.05) is 0 Å². The zero-order chi connectivity index (χ0) is 26.2. The van der Waals surface area contributed by atoms with Crippen LogP contribution in [0.1, 0.15) is 24.0 Å². The molecule has 4 aromatic rings. The number of nitrogens with zero attached hydrogens (tertiary/aromatic N) is 1. The van der Waals surface area contributed by atoms with Gasteiger partial charge in [0.25, 0.3) is 10.0 Å². The molecule has 1 atom stereocenters. The molecule has 1 aromatic heterocycles. The van der Waals surface area contributed by atoms with Crippen molar-refractivity contribution in [2.24, 2.45) is 0 Å². The third-order valence-electron chi connectivity index (χ3n) is 6.44. The molecule has 10 heteroatoms. The summed E-state index contributed by atoms with van der Waals surface area (Å²) in [4.78, 5) is 12.9. The second-order valence-corrected chi connectivity index (χ2v) is 10.7. The molecule has 3 aromatic carbocycles. The van der Waals surface area contributed by atoms with Gasteiger partial charge < -0.3 is 9.73 Å². The lowest BCUT2D eigenvalue weighted by molar-refractivity contribution is -0.137. The van der Waals surface area contributed by atoms with Crippen LogP contribution >= 0.6 is 0 Å². The first-order chi connectivity index (χ1) is 17.6. The van der Waals surface area contributed by atoms with Crippen LogP contribution in [-0.2, 0) is 27.5 Å². The largest absolute Gasteiger partial charge is 0.443 e. The van der Waals surface area contributed by atoms with E-state index in [0.29, 0.717) is 29.4 Å². The van der Waals surface area contributed by atoms with Crippen LogP contribution in [0.3, 0.4) is 0 Å². The van der Waals surface area contributed by atoms with E-state index in [9.17, 15) is 26.4 Å².